The second-order valence-electron chi connectivity index (χ2n) is 2.57. The number of carbonyl (C=O) groups excluding carboxylic acids is 1. The summed E-state index contributed by atoms with van der Waals surface area (Å²) in [6.45, 7) is 0.175. The van der Waals surface area contributed by atoms with E-state index >= 15 is 0 Å². The Balaban J connectivity index is 2.60. The SMILES string of the molecule is O=C(Nc1ccc(F)cc1F)OCCBr. The minimum absolute atomic E-state index is 0.115. The molecule has 0 saturated heterocycles. The van der Waals surface area contributed by atoms with Crippen molar-refractivity contribution in [1.29, 1.82) is 0 Å². The fraction of sp³-hybridized carbons (Fsp3) is 0.222. The van der Waals surface area contributed by atoms with Crippen LogP contribution >= 0.6 is 15.9 Å². The summed E-state index contributed by atoms with van der Waals surface area (Å²) in [5.74, 6) is -1.54. The molecule has 0 unspecified atom stereocenters. The zero-order valence-corrected chi connectivity index (χ0v) is 9.18. The van der Waals surface area contributed by atoms with Crippen LogP contribution in [-0.4, -0.2) is 18.0 Å². The number of benzene rings is 1. The van der Waals surface area contributed by atoms with Crippen molar-refractivity contribution in [3.05, 3.63) is 29.8 Å². The van der Waals surface area contributed by atoms with Crippen molar-refractivity contribution in [2.75, 3.05) is 17.3 Å². The van der Waals surface area contributed by atoms with Crippen LogP contribution in [0.2, 0.25) is 0 Å². The van der Waals surface area contributed by atoms with Crippen LogP contribution in [0.5, 0.6) is 0 Å². The maximum atomic E-state index is 13.0. The predicted octanol–water partition coefficient (Wildman–Crippen LogP) is 2.91. The van der Waals surface area contributed by atoms with E-state index in [9.17, 15) is 13.6 Å². The van der Waals surface area contributed by atoms with Gasteiger partial charge in [0.25, 0.3) is 0 Å². The van der Waals surface area contributed by atoms with Gasteiger partial charge >= 0.3 is 6.09 Å². The molecule has 0 bridgehead atoms. The molecule has 0 saturated carbocycles. The average Bonchev–Trinajstić information content (AvgIpc) is 2.19. The van der Waals surface area contributed by atoms with Gasteiger partial charge in [0.2, 0.25) is 0 Å². The number of ether oxygens (including phenoxy) is 1. The minimum atomic E-state index is -0.842. The topological polar surface area (TPSA) is 38.3 Å². The Bertz CT molecular complexity index is 360. The number of alkyl halides is 1. The summed E-state index contributed by atoms with van der Waals surface area (Å²) in [5.41, 5.74) is -0.115. The van der Waals surface area contributed by atoms with Crippen molar-refractivity contribution in [3.63, 3.8) is 0 Å². The third-order valence-corrected chi connectivity index (χ3v) is 1.80. The summed E-state index contributed by atoms with van der Waals surface area (Å²) in [6, 6.07) is 2.85. The zero-order valence-electron chi connectivity index (χ0n) is 7.60. The van der Waals surface area contributed by atoms with Crippen molar-refractivity contribution in [2.24, 2.45) is 0 Å². The van der Waals surface area contributed by atoms with Crippen molar-refractivity contribution in [3.8, 4) is 0 Å². The molecule has 0 aliphatic carbocycles. The van der Waals surface area contributed by atoms with E-state index in [-0.39, 0.29) is 12.3 Å². The van der Waals surface area contributed by atoms with E-state index in [1.807, 2.05) is 0 Å². The Kier molecular flexibility index (Phi) is 4.48. The van der Waals surface area contributed by atoms with Crippen LogP contribution in [0, 0.1) is 11.6 Å². The Morgan fingerprint density at radius 1 is 1.47 bits per heavy atom. The van der Waals surface area contributed by atoms with E-state index in [1.165, 1.54) is 0 Å². The molecular weight excluding hydrogens is 272 g/mol. The molecule has 0 aliphatic heterocycles. The monoisotopic (exact) mass is 279 g/mol. The van der Waals surface area contributed by atoms with E-state index in [1.54, 1.807) is 0 Å². The quantitative estimate of drug-likeness (QED) is 0.864. The lowest BCUT2D eigenvalue weighted by Gasteiger charge is -2.06. The first-order valence-electron chi connectivity index (χ1n) is 4.08. The lowest BCUT2D eigenvalue weighted by molar-refractivity contribution is 0.169. The Morgan fingerprint density at radius 2 is 2.20 bits per heavy atom. The van der Waals surface area contributed by atoms with Gasteiger partial charge in [0.1, 0.15) is 18.2 Å². The molecule has 0 aliphatic rings. The molecule has 0 atom stereocenters. The van der Waals surface area contributed by atoms with Crippen molar-refractivity contribution < 1.29 is 18.3 Å². The number of carbonyl (C=O) groups is 1. The molecule has 3 nitrogen and oxygen atoms in total. The molecule has 0 aromatic heterocycles. The highest BCUT2D eigenvalue weighted by atomic mass is 79.9. The standard InChI is InChI=1S/C9H8BrF2NO2/c10-3-4-15-9(14)13-8-2-1-6(11)5-7(8)12/h1-2,5H,3-4H2,(H,13,14). The number of anilines is 1. The van der Waals surface area contributed by atoms with Crippen LogP contribution in [0.3, 0.4) is 0 Å². The summed E-state index contributed by atoms with van der Waals surface area (Å²) in [4.78, 5) is 11.0. The summed E-state index contributed by atoms with van der Waals surface area (Å²) >= 11 is 3.06. The normalized spacial score (nSPS) is 9.80. The molecule has 1 amide bonds. The molecule has 0 heterocycles. The van der Waals surface area contributed by atoms with Gasteiger partial charge in [-0.1, -0.05) is 15.9 Å². The third-order valence-electron chi connectivity index (χ3n) is 1.48. The van der Waals surface area contributed by atoms with Crippen LogP contribution in [0.4, 0.5) is 19.3 Å². The van der Waals surface area contributed by atoms with Crippen molar-refractivity contribution in [2.45, 2.75) is 0 Å². The van der Waals surface area contributed by atoms with Gasteiger partial charge in [-0.05, 0) is 12.1 Å². The number of hydrogen-bond donors (Lipinski definition) is 1. The van der Waals surface area contributed by atoms with Gasteiger partial charge in [-0.25, -0.2) is 13.6 Å². The fourth-order valence-electron chi connectivity index (χ4n) is 0.868. The van der Waals surface area contributed by atoms with Crippen LogP contribution < -0.4 is 5.32 Å². The largest absolute Gasteiger partial charge is 0.448 e. The molecule has 0 radical (unpaired) electrons. The van der Waals surface area contributed by atoms with Gasteiger partial charge < -0.3 is 4.74 Å². The second kappa shape index (κ2) is 5.65. The van der Waals surface area contributed by atoms with Crippen molar-refractivity contribution in [1.82, 2.24) is 0 Å². The number of nitrogens with one attached hydrogen (secondary N) is 1. The molecule has 1 aromatic carbocycles. The van der Waals surface area contributed by atoms with Gasteiger partial charge in [-0.2, -0.15) is 0 Å². The van der Waals surface area contributed by atoms with Crippen LogP contribution in [-0.2, 0) is 4.74 Å². The molecule has 15 heavy (non-hydrogen) atoms. The van der Waals surface area contributed by atoms with Gasteiger partial charge in [0, 0.05) is 11.4 Å². The number of halogens is 3. The Hall–Kier alpha value is -1.17. The zero-order chi connectivity index (χ0) is 11.3. The molecular formula is C9H8BrF2NO2. The molecule has 6 heteroatoms. The van der Waals surface area contributed by atoms with E-state index in [2.05, 4.69) is 26.0 Å². The maximum Gasteiger partial charge on any atom is 0.411 e. The molecule has 1 rings (SSSR count). The average molecular weight is 280 g/mol. The van der Waals surface area contributed by atoms with Crippen LogP contribution in [0.15, 0.2) is 18.2 Å². The van der Waals surface area contributed by atoms with E-state index in [0.29, 0.717) is 11.4 Å². The number of hydrogen-bond acceptors (Lipinski definition) is 2. The summed E-state index contributed by atoms with van der Waals surface area (Å²) in [5, 5.41) is 2.64. The van der Waals surface area contributed by atoms with Crippen LogP contribution in [0.1, 0.15) is 0 Å². The Labute approximate surface area is 93.5 Å². The number of amides is 1. The molecule has 82 valence electrons. The molecule has 0 spiro atoms. The lowest BCUT2D eigenvalue weighted by atomic mass is 10.3. The van der Waals surface area contributed by atoms with Gasteiger partial charge in [-0.3, -0.25) is 5.32 Å². The maximum absolute atomic E-state index is 13.0. The predicted molar refractivity (Wildman–Crippen MR) is 55.1 cm³/mol. The third kappa shape index (κ3) is 3.83. The number of rotatable bonds is 3. The fourth-order valence-corrected chi connectivity index (χ4v) is 1.03. The highest BCUT2D eigenvalue weighted by Gasteiger charge is 2.07. The summed E-state index contributed by atoms with van der Waals surface area (Å²) < 4.78 is 30.1. The Morgan fingerprint density at radius 3 is 2.80 bits per heavy atom. The lowest BCUT2D eigenvalue weighted by Crippen LogP contribution is -2.15. The van der Waals surface area contributed by atoms with Crippen molar-refractivity contribution >= 4 is 27.7 Å². The van der Waals surface area contributed by atoms with Gasteiger partial charge in [-0.15, -0.1) is 0 Å². The summed E-state index contributed by atoms with van der Waals surface area (Å²) in [6.07, 6.45) is -0.778. The minimum Gasteiger partial charge on any atom is -0.448 e. The van der Waals surface area contributed by atoms with Gasteiger partial charge in [0.05, 0.1) is 5.69 Å². The molecule has 0 fully saturated rings. The molecule has 1 N–H and O–H groups in total. The first-order chi connectivity index (χ1) is 7.13. The van der Waals surface area contributed by atoms with E-state index in [4.69, 9.17) is 0 Å². The first kappa shape index (κ1) is 11.9. The van der Waals surface area contributed by atoms with Crippen LogP contribution in [0.25, 0.3) is 0 Å². The van der Waals surface area contributed by atoms with Gasteiger partial charge in [0.15, 0.2) is 0 Å². The molecule has 1 aromatic rings. The van der Waals surface area contributed by atoms with E-state index < -0.39 is 17.7 Å². The first-order valence-corrected chi connectivity index (χ1v) is 5.20. The highest BCUT2D eigenvalue weighted by Crippen LogP contribution is 2.14. The summed E-state index contributed by atoms with van der Waals surface area (Å²) in [7, 11) is 0. The second-order valence-corrected chi connectivity index (χ2v) is 3.37. The smallest absolute Gasteiger partial charge is 0.411 e. The highest BCUT2D eigenvalue weighted by molar-refractivity contribution is 9.09. The van der Waals surface area contributed by atoms with E-state index in [0.717, 1.165) is 12.1 Å².